The van der Waals surface area contributed by atoms with E-state index in [-0.39, 0.29) is 17.0 Å². The van der Waals surface area contributed by atoms with E-state index in [0.29, 0.717) is 5.56 Å². The third kappa shape index (κ3) is 5.85. The first-order valence-electron chi connectivity index (χ1n) is 12.9. The van der Waals surface area contributed by atoms with Gasteiger partial charge in [-0.2, -0.15) is 0 Å². The number of carbonyl (C=O) groups excluding carboxylic acids is 2. The number of hydrogen-bond donors (Lipinski definition) is 0. The molecule has 0 bridgehead atoms. The predicted molar refractivity (Wildman–Crippen MR) is 149 cm³/mol. The van der Waals surface area contributed by atoms with Crippen molar-refractivity contribution in [1.29, 1.82) is 0 Å². The molecule has 0 spiro atoms. The second kappa shape index (κ2) is 11.8. The van der Waals surface area contributed by atoms with E-state index in [1.165, 1.54) is 50.3 Å². The van der Waals surface area contributed by atoms with Crippen molar-refractivity contribution in [3.63, 3.8) is 0 Å². The lowest BCUT2D eigenvalue weighted by molar-refractivity contribution is -0.385. The van der Waals surface area contributed by atoms with Crippen molar-refractivity contribution in [2.24, 2.45) is 0 Å². The molecule has 6 heteroatoms. The Morgan fingerprint density at radius 3 is 2.30 bits per heavy atom. The smallest absolute Gasteiger partial charge is 0.280 e. The van der Waals surface area contributed by atoms with Gasteiger partial charge in [0.1, 0.15) is 0 Å². The van der Waals surface area contributed by atoms with Crippen LogP contribution < -0.4 is 0 Å². The van der Waals surface area contributed by atoms with Gasteiger partial charge in [-0.25, -0.2) is 0 Å². The molecule has 0 unspecified atom stereocenters. The minimum absolute atomic E-state index is 0.0184. The number of fused-ring (bicyclic) bond motifs is 3. The lowest BCUT2D eigenvalue weighted by Crippen LogP contribution is -2.00. The molecule has 0 aliphatic carbocycles. The van der Waals surface area contributed by atoms with E-state index < -0.39 is 10.7 Å². The average Bonchev–Trinajstić information content (AvgIpc) is 3.21. The number of para-hydroxylation sites is 1. The van der Waals surface area contributed by atoms with Crippen molar-refractivity contribution in [2.45, 2.75) is 58.9 Å². The molecular weight excluding hydrogens is 464 g/mol. The Kier molecular flexibility index (Phi) is 8.29. The number of Topliss-reactive ketones (excluding diaryl/α,β-unsaturated/α-hetero) is 1. The van der Waals surface area contributed by atoms with Gasteiger partial charge in [0.25, 0.3) is 5.69 Å². The van der Waals surface area contributed by atoms with Crippen LogP contribution in [0, 0.1) is 10.1 Å². The van der Waals surface area contributed by atoms with Crippen LogP contribution in [0.15, 0.2) is 66.7 Å². The number of carbonyl (C=O) groups is 2. The number of nitro groups is 1. The number of rotatable bonds is 12. The lowest BCUT2D eigenvalue weighted by Gasteiger charge is -2.08. The Balaban J connectivity index is 1.67. The highest BCUT2D eigenvalue weighted by molar-refractivity contribution is 6.12. The number of nitro benzene ring substituents is 1. The Hall–Kier alpha value is -4.06. The first-order valence-corrected chi connectivity index (χ1v) is 12.9. The van der Waals surface area contributed by atoms with Gasteiger partial charge in [0.2, 0.25) is 0 Å². The molecule has 1 heterocycles. The zero-order valence-electron chi connectivity index (χ0n) is 21.4. The average molecular weight is 497 g/mol. The second-order valence-electron chi connectivity index (χ2n) is 9.46. The van der Waals surface area contributed by atoms with E-state index in [1.54, 1.807) is 25.1 Å². The number of nitrogens with zero attached hydrogens (tertiary/aromatic N) is 2. The summed E-state index contributed by atoms with van der Waals surface area (Å²) in [4.78, 5) is 35.6. The van der Waals surface area contributed by atoms with Crippen LogP contribution in [0.1, 0.15) is 78.7 Å². The minimum atomic E-state index is -0.543. The lowest BCUT2D eigenvalue weighted by atomic mass is 10.0. The molecule has 37 heavy (non-hydrogen) atoms. The summed E-state index contributed by atoms with van der Waals surface area (Å²) < 4.78 is 2.32. The van der Waals surface area contributed by atoms with Crippen molar-refractivity contribution in [1.82, 2.24) is 4.57 Å². The molecule has 4 aromatic rings. The molecule has 3 aromatic carbocycles. The molecule has 0 N–H and O–H groups in total. The van der Waals surface area contributed by atoms with E-state index in [2.05, 4.69) is 17.6 Å². The highest BCUT2D eigenvalue weighted by atomic mass is 16.6. The summed E-state index contributed by atoms with van der Waals surface area (Å²) in [6, 6.07) is 17.8. The number of aryl methyl sites for hydroxylation is 1. The van der Waals surface area contributed by atoms with E-state index in [4.69, 9.17) is 0 Å². The topological polar surface area (TPSA) is 82.2 Å². The zero-order chi connectivity index (χ0) is 26.4. The van der Waals surface area contributed by atoms with Gasteiger partial charge in [0, 0.05) is 40.0 Å². The summed E-state index contributed by atoms with van der Waals surface area (Å²) in [6.07, 6.45) is 10.3. The summed E-state index contributed by atoms with van der Waals surface area (Å²) >= 11 is 0. The number of aromatic nitrogens is 1. The first-order chi connectivity index (χ1) is 17.9. The van der Waals surface area contributed by atoms with Crippen LogP contribution in [0.2, 0.25) is 0 Å². The highest BCUT2D eigenvalue weighted by Crippen LogP contribution is 2.32. The van der Waals surface area contributed by atoms with Crippen molar-refractivity contribution < 1.29 is 14.5 Å². The van der Waals surface area contributed by atoms with Crippen molar-refractivity contribution >= 4 is 45.1 Å². The maximum Gasteiger partial charge on any atom is 0.280 e. The Bertz CT molecular complexity index is 1500. The standard InChI is InChI=1S/C31H32N2O4/c1-3-4-5-6-7-10-19-32-28-16-13-23(14-18-31(35)25-11-8-9-12-30(25)33(36)37)20-26(28)27-21-24(22(2)34)15-17-29(27)32/h8-9,11-18,20-21H,3-7,10,19H2,1-2H3/b18-14+. The molecule has 1 aromatic heterocycles. The second-order valence-corrected chi connectivity index (χ2v) is 9.46. The van der Waals surface area contributed by atoms with Crippen LogP contribution in [0.3, 0.4) is 0 Å². The number of ketones is 2. The zero-order valence-corrected chi connectivity index (χ0v) is 21.4. The molecule has 0 saturated carbocycles. The molecular formula is C31H32N2O4. The van der Waals surface area contributed by atoms with Crippen LogP contribution in [-0.2, 0) is 6.54 Å². The molecule has 0 aliphatic heterocycles. The van der Waals surface area contributed by atoms with E-state index in [1.807, 2.05) is 30.3 Å². The Labute approximate surface area is 216 Å². The fraction of sp³-hybridized carbons (Fsp3) is 0.290. The van der Waals surface area contributed by atoms with Crippen molar-refractivity contribution in [3.8, 4) is 0 Å². The fourth-order valence-corrected chi connectivity index (χ4v) is 4.84. The Morgan fingerprint density at radius 2 is 1.57 bits per heavy atom. The summed E-state index contributed by atoms with van der Waals surface area (Å²) in [5.74, 6) is -0.401. The minimum Gasteiger partial charge on any atom is -0.340 e. The van der Waals surface area contributed by atoms with Crippen molar-refractivity contribution in [2.75, 3.05) is 0 Å². The van der Waals surface area contributed by atoms with Crippen LogP contribution in [0.5, 0.6) is 0 Å². The normalized spacial score (nSPS) is 11.5. The molecule has 6 nitrogen and oxygen atoms in total. The molecule has 0 amide bonds. The van der Waals surface area contributed by atoms with Crippen LogP contribution in [0.25, 0.3) is 27.9 Å². The molecule has 190 valence electrons. The van der Waals surface area contributed by atoms with Crippen LogP contribution in [0.4, 0.5) is 5.69 Å². The van der Waals surface area contributed by atoms with Gasteiger partial charge in [-0.1, -0.05) is 63.3 Å². The quantitative estimate of drug-likeness (QED) is 0.0651. The van der Waals surface area contributed by atoms with Crippen molar-refractivity contribution in [3.05, 3.63) is 93.5 Å². The van der Waals surface area contributed by atoms with Gasteiger partial charge in [-0.15, -0.1) is 0 Å². The molecule has 0 radical (unpaired) electrons. The molecule has 0 atom stereocenters. The van der Waals surface area contributed by atoms with Gasteiger partial charge in [-0.05, 0) is 61.4 Å². The fourth-order valence-electron chi connectivity index (χ4n) is 4.84. The van der Waals surface area contributed by atoms with Gasteiger partial charge < -0.3 is 4.57 Å². The van der Waals surface area contributed by atoms with Gasteiger partial charge >= 0.3 is 0 Å². The first kappa shape index (κ1) is 26.0. The van der Waals surface area contributed by atoms with Gasteiger partial charge in [0.15, 0.2) is 11.6 Å². The van der Waals surface area contributed by atoms with Gasteiger partial charge in [-0.3, -0.25) is 19.7 Å². The number of allylic oxidation sites excluding steroid dienone is 1. The van der Waals surface area contributed by atoms with E-state index >= 15 is 0 Å². The maximum atomic E-state index is 12.7. The largest absolute Gasteiger partial charge is 0.340 e. The molecule has 4 rings (SSSR count). The predicted octanol–water partition coefficient (Wildman–Crippen LogP) is 8.16. The van der Waals surface area contributed by atoms with Gasteiger partial charge in [0.05, 0.1) is 10.5 Å². The summed E-state index contributed by atoms with van der Waals surface area (Å²) in [5, 5.41) is 13.3. The number of unbranched alkanes of at least 4 members (excludes halogenated alkanes) is 5. The highest BCUT2D eigenvalue weighted by Gasteiger charge is 2.17. The number of benzene rings is 3. The molecule has 0 fully saturated rings. The third-order valence-corrected chi connectivity index (χ3v) is 6.82. The van der Waals surface area contributed by atoms with Crippen LogP contribution >= 0.6 is 0 Å². The number of hydrogen-bond acceptors (Lipinski definition) is 4. The molecule has 0 aliphatic rings. The summed E-state index contributed by atoms with van der Waals surface area (Å²) in [5.41, 5.74) is 3.51. The summed E-state index contributed by atoms with van der Waals surface area (Å²) in [6.45, 7) is 4.69. The maximum absolute atomic E-state index is 12.7. The van der Waals surface area contributed by atoms with E-state index in [0.717, 1.165) is 40.3 Å². The van der Waals surface area contributed by atoms with E-state index in [9.17, 15) is 19.7 Å². The molecule has 0 saturated heterocycles. The third-order valence-electron chi connectivity index (χ3n) is 6.82. The monoisotopic (exact) mass is 496 g/mol. The SMILES string of the molecule is CCCCCCCCn1c2ccc(/C=C/C(=O)c3ccccc3[N+](=O)[O-])cc2c2cc(C(C)=O)ccc21. The van der Waals surface area contributed by atoms with Crippen LogP contribution in [-0.4, -0.2) is 21.1 Å². The summed E-state index contributed by atoms with van der Waals surface area (Å²) in [7, 11) is 0. The Morgan fingerprint density at radius 1 is 0.892 bits per heavy atom.